The van der Waals surface area contributed by atoms with Crippen molar-refractivity contribution in [3.63, 3.8) is 0 Å². The van der Waals surface area contributed by atoms with Gasteiger partial charge in [-0.05, 0) is 61.4 Å². The van der Waals surface area contributed by atoms with E-state index in [2.05, 4.69) is 15.9 Å². The molecule has 1 aromatic rings. The van der Waals surface area contributed by atoms with E-state index in [-0.39, 0.29) is 47.3 Å². The average Bonchev–Trinajstić information content (AvgIpc) is 3.89. The van der Waals surface area contributed by atoms with Crippen LogP contribution in [0.3, 0.4) is 0 Å². The second kappa shape index (κ2) is 11.6. The van der Waals surface area contributed by atoms with Crippen LogP contribution in [0, 0.1) is 11.8 Å². The number of hydrogen-bond acceptors (Lipinski definition) is 11. The molecule has 14 heteroatoms. The van der Waals surface area contributed by atoms with Crippen LogP contribution in [0.4, 0.5) is 9.59 Å². The van der Waals surface area contributed by atoms with E-state index in [1.165, 1.54) is 12.1 Å². The van der Waals surface area contributed by atoms with Gasteiger partial charge in [0.05, 0.1) is 36.8 Å². The van der Waals surface area contributed by atoms with Crippen molar-refractivity contribution in [3.05, 3.63) is 46.8 Å². The topological polar surface area (TPSA) is 146 Å². The Balaban J connectivity index is 1.45. The first kappa shape index (κ1) is 28.1. The van der Waals surface area contributed by atoms with Gasteiger partial charge in [0.1, 0.15) is 5.37 Å². The Morgan fingerprint density at radius 3 is 2.05 bits per heavy atom. The molecule has 2 aliphatic heterocycles. The first-order valence-electron chi connectivity index (χ1n) is 12.6. The van der Waals surface area contributed by atoms with E-state index in [1.54, 1.807) is 12.1 Å². The number of allylic oxidation sites excluding steroid dienone is 1. The Morgan fingerprint density at radius 2 is 1.52 bits per heavy atom. The van der Waals surface area contributed by atoms with E-state index in [0.29, 0.717) is 11.8 Å². The number of hydrogen-bond donors (Lipinski definition) is 0. The largest absolute Gasteiger partial charge is 0.513 e. The second-order valence-electron chi connectivity index (χ2n) is 9.70. The quantitative estimate of drug-likeness (QED) is 0.0707. The van der Waals surface area contributed by atoms with Crippen LogP contribution in [-0.4, -0.2) is 82.0 Å². The highest BCUT2D eigenvalue weighted by atomic mass is 79.9. The third-order valence-electron chi connectivity index (χ3n) is 6.81. The maximum atomic E-state index is 13.6. The second-order valence-corrected chi connectivity index (χ2v) is 11.3. The molecule has 40 heavy (non-hydrogen) atoms. The summed E-state index contributed by atoms with van der Waals surface area (Å²) in [6.45, 7) is 0.338. The number of esters is 1. The van der Waals surface area contributed by atoms with Crippen LogP contribution in [0.5, 0.6) is 0 Å². The molecule has 12 nitrogen and oxygen atoms in total. The maximum Gasteiger partial charge on any atom is 0.513 e. The van der Waals surface area contributed by atoms with Gasteiger partial charge in [-0.25, -0.2) is 14.4 Å². The van der Waals surface area contributed by atoms with Crippen LogP contribution in [0.25, 0.3) is 0 Å². The standard InChI is InChI=1S/C26H25BrN2O10S/c1-36-24(33)18(17(10-27)39-25(34)37-11-13-6-7-13)29-22(32)19(23(29)40-26(35)38-12-14-8-9-14)28-20(30)15-4-2-3-5-16(15)21(28)31/h2-5,13-14,19,23H,6-12H2,1H3. The predicted octanol–water partition coefficient (Wildman–Crippen LogP) is 3.44. The Hall–Kier alpha value is -3.39. The fourth-order valence-electron chi connectivity index (χ4n) is 4.29. The lowest BCUT2D eigenvalue weighted by molar-refractivity contribution is -0.153. The number of carbonyl (C=O) groups excluding carboxylic acids is 6. The normalized spacial score (nSPS) is 22.3. The Morgan fingerprint density at radius 1 is 0.950 bits per heavy atom. The molecule has 3 amide bonds. The van der Waals surface area contributed by atoms with Gasteiger partial charge in [-0.3, -0.25) is 24.2 Å². The number of halogens is 1. The Bertz CT molecular complexity index is 1270. The molecule has 2 unspecified atom stereocenters. The number of carbonyl (C=O) groups is 6. The van der Waals surface area contributed by atoms with E-state index in [0.717, 1.165) is 42.6 Å². The zero-order valence-corrected chi connectivity index (χ0v) is 23.7. The number of ether oxygens (including phenoxy) is 4. The lowest BCUT2D eigenvalue weighted by Gasteiger charge is -2.48. The maximum absolute atomic E-state index is 13.6. The van der Waals surface area contributed by atoms with Gasteiger partial charge in [-0.15, -0.1) is 0 Å². The molecule has 0 spiro atoms. The van der Waals surface area contributed by atoms with E-state index in [1.807, 2.05) is 0 Å². The van der Waals surface area contributed by atoms with Crippen LogP contribution in [0.15, 0.2) is 35.7 Å². The zero-order chi connectivity index (χ0) is 28.6. The minimum atomic E-state index is -1.44. The number of methoxy groups -OCH3 is 1. The van der Waals surface area contributed by atoms with Crippen molar-refractivity contribution < 1.29 is 47.7 Å². The summed E-state index contributed by atoms with van der Waals surface area (Å²) >= 11 is 3.70. The molecule has 2 saturated carbocycles. The number of likely N-dealkylation sites (tertiary alicyclic amines) is 1. The lowest BCUT2D eigenvalue weighted by Crippen LogP contribution is -2.70. The van der Waals surface area contributed by atoms with E-state index >= 15 is 0 Å². The minimum Gasteiger partial charge on any atom is -0.464 e. The molecular formula is C26H25BrN2O10S. The first-order valence-corrected chi connectivity index (χ1v) is 14.6. The third kappa shape index (κ3) is 5.59. The molecule has 4 aliphatic rings. The molecule has 3 fully saturated rings. The highest BCUT2D eigenvalue weighted by Gasteiger charge is 2.60. The van der Waals surface area contributed by atoms with Crippen molar-refractivity contribution in [1.82, 2.24) is 9.80 Å². The van der Waals surface area contributed by atoms with Crippen molar-refractivity contribution >= 4 is 62.8 Å². The van der Waals surface area contributed by atoms with Gasteiger partial charge in [0.2, 0.25) is 0 Å². The monoisotopic (exact) mass is 636 g/mol. The summed E-state index contributed by atoms with van der Waals surface area (Å²) in [4.78, 5) is 79.7. The molecule has 0 bridgehead atoms. The van der Waals surface area contributed by atoms with Crippen LogP contribution >= 0.6 is 27.7 Å². The number of benzene rings is 1. The highest BCUT2D eigenvalue weighted by molar-refractivity contribution is 9.09. The molecule has 212 valence electrons. The van der Waals surface area contributed by atoms with Crippen LogP contribution < -0.4 is 0 Å². The smallest absolute Gasteiger partial charge is 0.464 e. The summed E-state index contributed by atoms with van der Waals surface area (Å²) < 4.78 is 20.5. The van der Waals surface area contributed by atoms with Crippen molar-refractivity contribution in [1.29, 1.82) is 0 Å². The van der Waals surface area contributed by atoms with Crippen molar-refractivity contribution in [3.8, 4) is 0 Å². The van der Waals surface area contributed by atoms with Gasteiger partial charge >= 0.3 is 17.4 Å². The van der Waals surface area contributed by atoms with E-state index in [9.17, 15) is 28.8 Å². The van der Waals surface area contributed by atoms with Gasteiger partial charge in [0.25, 0.3) is 17.7 Å². The lowest BCUT2D eigenvalue weighted by atomic mass is 10.0. The van der Waals surface area contributed by atoms with E-state index in [4.69, 9.17) is 18.9 Å². The number of imide groups is 1. The van der Waals surface area contributed by atoms with E-state index < -0.39 is 52.3 Å². The van der Waals surface area contributed by atoms with Crippen molar-refractivity contribution in [2.75, 3.05) is 25.7 Å². The van der Waals surface area contributed by atoms with Crippen LogP contribution in [0.1, 0.15) is 46.4 Å². The summed E-state index contributed by atoms with van der Waals surface area (Å²) in [6.07, 6.45) is 2.64. The SMILES string of the molecule is COC(=O)C(=C(CBr)OC(=O)OCC1CC1)N1C(=O)C(N2C(=O)c3ccccc3C2=O)C1SC(=O)OCC1CC1. The number of thioether (sulfide) groups is 1. The molecule has 0 aromatic heterocycles. The molecule has 5 rings (SSSR count). The van der Waals surface area contributed by atoms with Gasteiger partial charge < -0.3 is 18.9 Å². The number of nitrogens with zero attached hydrogens (tertiary/aromatic N) is 2. The number of rotatable bonds is 10. The molecule has 2 atom stereocenters. The van der Waals surface area contributed by atoms with Gasteiger partial charge in [0.15, 0.2) is 17.5 Å². The minimum absolute atomic E-state index is 0.116. The summed E-state index contributed by atoms with van der Waals surface area (Å²) in [5.41, 5.74) is -0.246. The molecule has 1 aromatic carbocycles. The number of amides is 3. The molecule has 1 saturated heterocycles. The fourth-order valence-corrected chi connectivity index (χ4v) is 5.68. The number of fused-ring (bicyclic) bond motifs is 1. The Kier molecular flexibility index (Phi) is 8.17. The first-order chi connectivity index (χ1) is 19.2. The fraction of sp³-hybridized carbons (Fsp3) is 0.462. The average molecular weight is 637 g/mol. The highest BCUT2D eigenvalue weighted by Crippen LogP contribution is 2.42. The molecule has 2 heterocycles. The summed E-state index contributed by atoms with van der Waals surface area (Å²) in [5.74, 6) is -3.11. The predicted molar refractivity (Wildman–Crippen MR) is 141 cm³/mol. The third-order valence-corrected chi connectivity index (χ3v) is 8.34. The molecular weight excluding hydrogens is 612 g/mol. The zero-order valence-electron chi connectivity index (χ0n) is 21.3. The summed E-state index contributed by atoms with van der Waals surface area (Å²) in [5, 5.41) is -2.23. The Labute approximate surface area is 241 Å². The molecule has 0 radical (unpaired) electrons. The van der Waals surface area contributed by atoms with Gasteiger partial charge in [0, 0.05) is 0 Å². The number of alkyl halides is 1. The van der Waals surface area contributed by atoms with Crippen LogP contribution in [-0.2, 0) is 28.5 Å². The van der Waals surface area contributed by atoms with Crippen molar-refractivity contribution in [2.45, 2.75) is 37.1 Å². The number of β-lactam (4-membered cyclic amide) rings is 1. The summed E-state index contributed by atoms with van der Waals surface area (Å²) in [7, 11) is 1.07. The van der Waals surface area contributed by atoms with Gasteiger partial charge in [-0.1, -0.05) is 28.1 Å². The van der Waals surface area contributed by atoms with Crippen LogP contribution in [0.2, 0.25) is 0 Å². The summed E-state index contributed by atoms with van der Waals surface area (Å²) in [6, 6.07) is 4.66. The molecule has 0 N–H and O–H groups in total. The van der Waals surface area contributed by atoms with Gasteiger partial charge in [-0.2, -0.15) is 0 Å². The van der Waals surface area contributed by atoms with Crippen molar-refractivity contribution in [2.24, 2.45) is 11.8 Å². The molecule has 2 aliphatic carbocycles.